The molecule has 1 heterocycles. The highest BCUT2D eigenvalue weighted by molar-refractivity contribution is 5.43. The summed E-state index contributed by atoms with van der Waals surface area (Å²) in [6.45, 7) is 4.59. The Morgan fingerprint density at radius 2 is 2.24 bits per heavy atom. The summed E-state index contributed by atoms with van der Waals surface area (Å²) < 4.78 is 5.07. The molecule has 3 N–H and O–H groups in total. The van der Waals surface area contributed by atoms with Gasteiger partial charge >= 0.3 is 0 Å². The van der Waals surface area contributed by atoms with E-state index in [4.69, 9.17) is 10.5 Å². The Labute approximate surface area is 102 Å². The number of nitrogens with two attached hydrogens (primary N) is 1. The first kappa shape index (κ1) is 12.0. The molecule has 17 heavy (non-hydrogen) atoms. The summed E-state index contributed by atoms with van der Waals surface area (Å²) in [4.78, 5) is 8.13. The maximum absolute atomic E-state index is 5.62. The zero-order valence-electron chi connectivity index (χ0n) is 10.7. The summed E-state index contributed by atoms with van der Waals surface area (Å²) >= 11 is 0. The highest BCUT2D eigenvalue weighted by Crippen LogP contribution is 2.38. The fourth-order valence-corrected chi connectivity index (χ4v) is 2.39. The van der Waals surface area contributed by atoms with Crippen LogP contribution in [0.1, 0.15) is 33.1 Å². The van der Waals surface area contributed by atoms with Gasteiger partial charge in [-0.15, -0.1) is 0 Å². The molecule has 0 spiro atoms. The Hall–Kier alpha value is -1.52. The molecule has 1 aliphatic rings. The highest BCUT2D eigenvalue weighted by Gasteiger charge is 2.30. The van der Waals surface area contributed by atoms with E-state index in [-0.39, 0.29) is 5.95 Å². The molecule has 0 radical (unpaired) electrons. The zero-order chi connectivity index (χ0) is 12.5. The van der Waals surface area contributed by atoms with E-state index in [1.165, 1.54) is 12.8 Å². The van der Waals surface area contributed by atoms with Crippen LogP contribution in [-0.4, -0.2) is 23.1 Å². The summed E-state index contributed by atoms with van der Waals surface area (Å²) in [5.41, 5.74) is 6.04. The lowest BCUT2D eigenvalue weighted by Gasteiger charge is -2.18. The van der Waals surface area contributed by atoms with Crippen LogP contribution in [0.4, 0.5) is 11.8 Å². The third kappa shape index (κ3) is 2.99. The van der Waals surface area contributed by atoms with Gasteiger partial charge in [-0.3, -0.25) is 0 Å². The number of nitrogens with zero attached hydrogens (tertiary/aromatic N) is 2. The first-order valence-corrected chi connectivity index (χ1v) is 5.94. The van der Waals surface area contributed by atoms with E-state index in [0.717, 1.165) is 12.2 Å². The van der Waals surface area contributed by atoms with Crippen LogP contribution in [0.15, 0.2) is 6.07 Å². The second kappa shape index (κ2) is 4.39. The van der Waals surface area contributed by atoms with Crippen molar-refractivity contribution in [3.8, 4) is 5.88 Å². The molecule has 94 valence electrons. The summed E-state index contributed by atoms with van der Waals surface area (Å²) in [6.07, 6.45) is 3.56. The predicted octanol–water partition coefficient (Wildman–Crippen LogP) is 2.06. The molecule has 1 aliphatic carbocycles. The largest absolute Gasteiger partial charge is 0.481 e. The van der Waals surface area contributed by atoms with Gasteiger partial charge in [0.15, 0.2) is 0 Å². The monoisotopic (exact) mass is 236 g/mol. The number of hydrogen-bond acceptors (Lipinski definition) is 5. The van der Waals surface area contributed by atoms with Gasteiger partial charge in [-0.1, -0.05) is 13.8 Å². The number of rotatable bonds is 3. The fourth-order valence-electron chi connectivity index (χ4n) is 2.39. The normalized spacial score (nSPS) is 22.4. The van der Waals surface area contributed by atoms with Gasteiger partial charge in [0.2, 0.25) is 11.8 Å². The maximum atomic E-state index is 5.62. The molecular formula is C12H20N4O. The molecule has 1 aromatic heterocycles. The summed E-state index contributed by atoms with van der Waals surface area (Å²) in [7, 11) is 1.57. The Bertz CT molecular complexity index is 405. The number of nitrogens with one attached hydrogen (secondary N) is 1. The SMILES string of the molecule is COc1cc(NC2CCC(C)(C)C2)nc(N)n1. The van der Waals surface area contributed by atoms with Crippen LogP contribution in [0.2, 0.25) is 0 Å². The van der Waals surface area contributed by atoms with E-state index >= 15 is 0 Å². The summed E-state index contributed by atoms with van der Waals surface area (Å²) in [5, 5.41) is 3.40. The van der Waals surface area contributed by atoms with Gasteiger partial charge < -0.3 is 15.8 Å². The van der Waals surface area contributed by atoms with Crippen LogP contribution in [0.3, 0.4) is 0 Å². The van der Waals surface area contributed by atoms with E-state index in [1.54, 1.807) is 13.2 Å². The third-order valence-electron chi connectivity index (χ3n) is 3.25. The first-order chi connectivity index (χ1) is 7.98. The van der Waals surface area contributed by atoms with Gasteiger partial charge in [-0.25, -0.2) is 0 Å². The maximum Gasteiger partial charge on any atom is 0.225 e. The summed E-state index contributed by atoms with van der Waals surface area (Å²) in [6, 6.07) is 2.24. The number of hydrogen-bond donors (Lipinski definition) is 2. The Kier molecular flexibility index (Phi) is 3.09. The van der Waals surface area contributed by atoms with Crippen molar-refractivity contribution >= 4 is 11.8 Å². The van der Waals surface area contributed by atoms with E-state index in [0.29, 0.717) is 17.3 Å². The number of methoxy groups -OCH3 is 1. The number of aromatic nitrogens is 2. The highest BCUT2D eigenvalue weighted by atomic mass is 16.5. The molecule has 2 rings (SSSR count). The average Bonchev–Trinajstić information content (AvgIpc) is 2.57. The van der Waals surface area contributed by atoms with Crippen LogP contribution >= 0.6 is 0 Å². The zero-order valence-corrected chi connectivity index (χ0v) is 10.7. The molecule has 5 heteroatoms. The average molecular weight is 236 g/mol. The van der Waals surface area contributed by atoms with E-state index in [1.807, 2.05) is 0 Å². The topological polar surface area (TPSA) is 73.1 Å². The minimum Gasteiger partial charge on any atom is -0.481 e. The molecule has 1 aromatic rings. The fraction of sp³-hybridized carbons (Fsp3) is 0.667. The minimum atomic E-state index is 0.240. The molecule has 5 nitrogen and oxygen atoms in total. The van der Waals surface area contributed by atoms with Crippen LogP contribution in [-0.2, 0) is 0 Å². The molecule has 0 amide bonds. The molecule has 1 fully saturated rings. The molecule has 0 saturated heterocycles. The van der Waals surface area contributed by atoms with Gasteiger partial charge in [0.25, 0.3) is 0 Å². The Balaban J connectivity index is 2.06. The third-order valence-corrected chi connectivity index (χ3v) is 3.25. The van der Waals surface area contributed by atoms with Gasteiger partial charge in [0.1, 0.15) is 5.82 Å². The van der Waals surface area contributed by atoms with Crippen LogP contribution in [0.5, 0.6) is 5.88 Å². The van der Waals surface area contributed by atoms with Crippen molar-refractivity contribution < 1.29 is 4.74 Å². The standard InChI is InChI=1S/C12H20N4O/c1-12(2)5-4-8(7-12)14-9-6-10(17-3)16-11(13)15-9/h6,8H,4-5,7H2,1-3H3,(H3,13,14,15,16). The van der Waals surface area contributed by atoms with Crippen molar-refractivity contribution in [2.75, 3.05) is 18.2 Å². The minimum absolute atomic E-state index is 0.240. The van der Waals surface area contributed by atoms with E-state index in [2.05, 4.69) is 29.1 Å². The molecule has 1 atom stereocenters. The second-order valence-corrected chi connectivity index (χ2v) is 5.40. The number of ether oxygens (including phenoxy) is 1. The van der Waals surface area contributed by atoms with Gasteiger partial charge in [-0.2, -0.15) is 9.97 Å². The van der Waals surface area contributed by atoms with E-state index < -0.39 is 0 Å². The molecule has 1 saturated carbocycles. The summed E-state index contributed by atoms with van der Waals surface area (Å²) in [5.74, 6) is 1.48. The molecule has 0 bridgehead atoms. The molecule has 1 unspecified atom stereocenters. The van der Waals surface area contributed by atoms with Crippen molar-refractivity contribution in [3.05, 3.63) is 6.07 Å². The first-order valence-electron chi connectivity index (χ1n) is 5.94. The number of anilines is 2. The molecule has 0 aliphatic heterocycles. The van der Waals surface area contributed by atoms with Gasteiger partial charge in [-0.05, 0) is 24.7 Å². The van der Waals surface area contributed by atoms with Crippen molar-refractivity contribution in [1.29, 1.82) is 0 Å². The molecule has 0 aromatic carbocycles. The van der Waals surface area contributed by atoms with Crippen LogP contribution < -0.4 is 15.8 Å². The van der Waals surface area contributed by atoms with Crippen molar-refractivity contribution in [3.63, 3.8) is 0 Å². The lowest BCUT2D eigenvalue weighted by atomic mass is 9.92. The number of nitrogen functional groups attached to an aromatic ring is 1. The quantitative estimate of drug-likeness (QED) is 0.840. The predicted molar refractivity (Wildman–Crippen MR) is 68.0 cm³/mol. The van der Waals surface area contributed by atoms with Crippen molar-refractivity contribution in [1.82, 2.24) is 9.97 Å². The van der Waals surface area contributed by atoms with Crippen molar-refractivity contribution in [2.24, 2.45) is 5.41 Å². The molecular weight excluding hydrogens is 216 g/mol. The second-order valence-electron chi connectivity index (χ2n) is 5.40. The van der Waals surface area contributed by atoms with Gasteiger partial charge in [0, 0.05) is 12.1 Å². The smallest absolute Gasteiger partial charge is 0.225 e. The lowest BCUT2D eigenvalue weighted by molar-refractivity contribution is 0.378. The van der Waals surface area contributed by atoms with Crippen LogP contribution in [0, 0.1) is 5.41 Å². The lowest BCUT2D eigenvalue weighted by Crippen LogP contribution is -2.18. The Morgan fingerprint density at radius 1 is 1.47 bits per heavy atom. The van der Waals surface area contributed by atoms with Gasteiger partial charge in [0.05, 0.1) is 7.11 Å². The van der Waals surface area contributed by atoms with E-state index in [9.17, 15) is 0 Å². The Morgan fingerprint density at radius 3 is 2.82 bits per heavy atom. The van der Waals surface area contributed by atoms with Crippen LogP contribution in [0.25, 0.3) is 0 Å². The van der Waals surface area contributed by atoms with Crippen molar-refractivity contribution in [2.45, 2.75) is 39.2 Å².